The van der Waals surface area contributed by atoms with Gasteiger partial charge in [0.05, 0.1) is 18.1 Å². The van der Waals surface area contributed by atoms with Gasteiger partial charge < -0.3 is 5.32 Å². The van der Waals surface area contributed by atoms with Crippen molar-refractivity contribution in [3.05, 3.63) is 65.1 Å². The van der Waals surface area contributed by atoms with Gasteiger partial charge in [0.15, 0.2) is 5.78 Å². The van der Waals surface area contributed by atoms with Gasteiger partial charge >= 0.3 is 0 Å². The molecule has 0 spiro atoms. The summed E-state index contributed by atoms with van der Waals surface area (Å²) in [6.45, 7) is 3.09. The maximum Gasteiger partial charge on any atom is 0.168 e. The number of hydrogen-bond donors (Lipinski definition) is 2. The molecule has 3 heterocycles. The molecule has 0 radical (unpaired) electrons. The Hall–Kier alpha value is -2.57. The van der Waals surface area contributed by atoms with E-state index in [0.29, 0.717) is 18.0 Å². The zero-order valence-corrected chi connectivity index (χ0v) is 16.3. The lowest BCUT2D eigenvalue weighted by atomic mass is 9.90. The molecule has 1 fully saturated rings. The van der Waals surface area contributed by atoms with Gasteiger partial charge in [0.2, 0.25) is 0 Å². The van der Waals surface area contributed by atoms with E-state index >= 15 is 0 Å². The van der Waals surface area contributed by atoms with Gasteiger partial charge in [-0.25, -0.2) is 4.39 Å². The standard InChI is InChI=1S/C23H25FN4O/c24-17-5-6-19-20(13-17)26-27-22(19)16-8-11-28(12-9-16)14-21(29)23-18-4-2-1-3-15(18)7-10-25-23/h1-6,13,16,23,25H,7-12,14H2,(H,26,27). The van der Waals surface area contributed by atoms with Crippen molar-refractivity contribution in [2.24, 2.45) is 0 Å². The van der Waals surface area contributed by atoms with Gasteiger partial charge in [-0.15, -0.1) is 0 Å². The number of carbonyl (C=O) groups is 1. The molecule has 5 nitrogen and oxygen atoms in total. The average molecular weight is 392 g/mol. The number of likely N-dealkylation sites (tertiary alicyclic amines) is 1. The van der Waals surface area contributed by atoms with E-state index in [4.69, 9.17) is 0 Å². The topological polar surface area (TPSA) is 61.0 Å². The summed E-state index contributed by atoms with van der Waals surface area (Å²) in [5.74, 6) is 0.352. The van der Waals surface area contributed by atoms with Crippen LogP contribution in [-0.2, 0) is 11.2 Å². The lowest BCUT2D eigenvalue weighted by Gasteiger charge is -2.33. The van der Waals surface area contributed by atoms with E-state index in [-0.39, 0.29) is 17.6 Å². The van der Waals surface area contributed by atoms with Crippen molar-refractivity contribution in [1.82, 2.24) is 20.4 Å². The van der Waals surface area contributed by atoms with Gasteiger partial charge in [0.1, 0.15) is 5.82 Å². The maximum atomic E-state index is 13.4. The Morgan fingerprint density at radius 1 is 1.17 bits per heavy atom. The molecule has 2 N–H and O–H groups in total. The minimum atomic E-state index is -0.262. The molecule has 2 aliphatic heterocycles. The van der Waals surface area contributed by atoms with Crippen molar-refractivity contribution >= 4 is 16.7 Å². The smallest absolute Gasteiger partial charge is 0.168 e. The summed E-state index contributed by atoms with van der Waals surface area (Å²) in [6.07, 6.45) is 2.92. The minimum Gasteiger partial charge on any atom is -0.303 e. The zero-order chi connectivity index (χ0) is 19.8. The molecule has 0 aliphatic carbocycles. The number of H-pyrrole nitrogens is 1. The first-order chi connectivity index (χ1) is 14.2. The molecule has 5 rings (SSSR count). The number of benzene rings is 2. The van der Waals surface area contributed by atoms with Crippen LogP contribution in [0.5, 0.6) is 0 Å². The predicted molar refractivity (Wildman–Crippen MR) is 110 cm³/mol. The summed E-state index contributed by atoms with van der Waals surface area (Å²) in [7, 11) is 0. The third-order valence-electron chi connectivity index (χ3n) is 6.35. The summed E-state index contributed by atoms with van der Waals surface area (Å²) in [5.41, 5.74) is 4.19. The van der Waals surface area contributed by atoms with E-state index in [2.05, 4.69) is 32.5 Å². The highest BCUT2D eigenvalue weighted by Crippen LogP contribution is 2.32. The van der Waals surface area contributed by atoms with Crippen LogP contribution in [-0.4, -0.2) is 47.1 Å². The quantitative estimate of drug-likeness (QED) is 0.715. The molecule has 2 aromatic carbocycles. The summed E-state index contributed by atoms with van der Waals surface area (Å²) in [5, 5.41) is 11.8. The number of fused-ring (bicyclic) bond motifs is 2. The molecular formula is C23H25FN4O. The number of rotatable bonds is 4. The minimum absolute atomic E-state index is 0.191. The number of nitrogens with one attached hydrogen (secondary N) is 2. The monoisotopic (exact) mass is 392 g/mol. The number of aromatic nitrogens is 2. The first-order valence-electron chi connectivity index (χ1n) is 10.4. The fourth-order valence-electron chi connectivity index (χ4n) is 4.80. The normalized spacial score (nSPS) is 20.7. The largest absolute Gasteiger partial charge is 0.303 e. The van der Waals surface area contributed by atoms with Crippen LogP contribution in [0, 0.1) is 5.82 Å². The molecule has 1 saturated heterocycles. The van der Waals surface area contributed by atoms with Gasteiger partial charge in [0, 0.05) is 29.6 Å². The molecule has 0 amide bonds. The maximum absolute atomic E-state index is 13.4. The van der Waals surface area contributed by atoms with E-state index in [1.807, 2.05) is 18.2 Å². The fourth-order valence-corrected chi connectivity index (χ4v) is 4.80. The summed E-state index contributed by atoms with van der Waals surface area (Å²) in [6, 6.07) is 12.8. The van der Waals surface area contributed by atoms with Crippen molar-refractivity contribution in [3.63, 3.8) is 0 Å². The lowest BCUT2D eigenvalue weighted by Crippen LogP contribution is -2.43. The molecule has 29 heavy (non-hydrogen) atoms. The van der Waals surface area contributed by atoms with Crippen molar-refractivity contribution in [1.29, 1.82) is 0 Å². The highest BCUT2D eigenvalue weighted by molar-refractivity contribution is 5.87. The molecular weight excluding hydrogens is 367 g/mol. The van der Waals surface area contributed by atoms with Crippen LogP contribution in [0.3, 0.4) is 0 Å². The van der Waals surface area contributed by atoms with E-state index in [9.17, 15) is 9.18 Å². The number of hydrogen-bond acceptors (Lipinski definition) is 4. The number of nitrogens with zero attached hydrogens (tertiary/aromatic N) is 2. The first-order valence-corrected chi connectivity index (χ1v) is 10.4. The molecule has 150 valence electrons. The van der Waals surface area contributed by atoms with E-state index in [1.54, 1.807) is 0 Å². The van der Waals surface area contributed by atoms with Crippen LogP contribution >= 0.6 is 0 Å². The van der Waals surface area contributed by atoms with Crippen LogP contribution < -0.4 is 5.32 Å². The second-order valence-electron chi connectivity index (χ2n) is 8.15. The van der Waals surface area contributed by atoms with Gasteiger partial charge in [-0.2, -0.15) is 5.10 Å². The third-order valence-corrected chi connectivity index (χ3v) is 6.35. The van der Waals surface area contributed by atoms with Crippen LogP contribution in [0.15, 0.2) is 42.5 Å². The number of halogens is 1. The number of aromatic amines is 1. The number of carbonyl (C=O) groups excluding carboxylic acids is 1. The Kier molecular flexibility index (Phi) is 4.89. The molecule has 0 bridgehead atoms. The molecule has 3 aromatic rings. The number of Topliss-reactive ketones (excluding diaryl/α,β-unsaturated/α-hetero) is 1. The SMILES string of the molecule is O=C(CN1CCC(c2[nH]nc3cc(F)ccc23)CC1)C1NCCc2ccccc21. The average Bonchev–Trinajstić information content (AvgIpc) is 3.17. The Labute approximate surface area is 169 Å². The van der Waals surface area contributed by atoms with Crippen molar-refractivity contribution < 1.29 is 9.18 Å². The van der Waals surface area contributed by atoms with Crippen LogP contribution in [0.1, 0.15) is 41.6 Å². The van der Waals surface area contributed by atoms with Gasteiger partial charge in [-0.1, -0.05) is 24.3 Å². The Morgan fingerprint density at radius 2 is 2.00 bits per heavy atom. The Balaban J connectivity index is 1.23. The fraction of sp³-hybridized carbons (Fsp3) is 0.391. The number of piperidine rings is 1. The first kappa shape index (κ1) is 18.5. The second kappa shape index (κ2) is 7.69. The van der Waals surface area contributed by atoms with Crippen molar-refractivity contribution in [2.45, 2.75) is 31.2 Å². The highest BCUT2D eigenvalue weighted by atomic mass is 19.1. The van der Waals surface area contributed by atoms with Gasteiger partial charge in [-0.05, 0) is 55.6 Å². The zero-order valence-electron chi connectivity index (χ0n) is 16.3. The Morgan fingerprint density at radius 3 is 2.86 bits per heavy atom. The summed E-state index contributed by atoms with van der Waals surface area (Å²) < 4.78 is 13.4. The molecule has 1 aromatic heterocycles. The van der Waals surface area contributed by atoms with E-state index < -0.39 is 0 Å². The molecule has 6 heteroatoms. The number of ketones is 1. The van der Waals surface area contributed by atoms with Crippen LogP contribution in [0.4, 0.5) is 4.39 Å². The van der Waals surface area contributed by atoms with Crippen LogP contribution in [0.2, 0.25) is 0 Å². The van der Waals surface area contributed by atoms with Gasteiger partial charge in [0.25, 0.3) is 0 Å². The Bertz CT molecular complexity index is 1040. The van der Waals surface area contributed by atoms with Gasteiger partial charge in [-0.3, -0.25) is 14.8 Å². The van der Waals surface area contributed by atoms with Crippen molar-refractivity contribution in [2.75, 3.05) is 26.2 Å². The molecule has 0 saturated carbocycles. The highest BCUT2D eigenvalue weighted by Gasteiger charge is 2.29. The lowest BCUT2D eigenvalue weighted by molar-refractivity contribution is -0.122. The van der Waals surface area contributed by atoms with E-state index in [1.165, 1.54) is 17.7 Å². The van der Waals surface area contributed by atoms with Crippen molar-refractivity contribution in [3.8, 4) is 0 Å². The molecule has 2 aliphatic rings. The third kappa shape index (κ3) is 3.58. The predicted octanol–water partition coefficient (Wildman–Crippen LogP) is 3.34. The van der Waals surface area contributed by atoms with E-state index in [0.717, 1.165) is 55.5 Å². The molecule has 1 atom stereocenters. The molecule has 1 unspecified atom stereocenters. The summed E-state index contributed by atoms with van der Waals surface area (Å²) in [4.78, 5) is 15.2. The summed E-state index contributed by atoms with van der Waals surface area (Å²) >= 11 is 0. The second-order valence-corrected chi connectivity index (χ2v) is 8.15. The van der Waals surface area contributed by atoms with Crippen LogP contribution in [0.25, 0.3) is 10.9 Å².